The zero-order chi connectivity index (χ0) is 14.8. The van der Waals surface area contributed by atoms with Gasteiger partial charge < -0.3 is 15.2 Å². The van der Waals surface area contributed by atoms with Gasteiger partial charge in [0.05, 0.1) is 19.3 Å². The van der Waals surface area contributed by atoms with Crippen molar-refractivity contribution in [1.29, 1.82) is 0 Å². The smallest absolute Gasteiger partial charge is 0.128 e. The highest BCUT2D eigenvalue weighted by molar-refractivity contribution is 7.98. The van der Waals surface area contributed by atoms with Crippen LogP contribution in [0.25, 0.3) is 0 Å². The summed E-state index contributed by atoms with van der Waals surface area (Å²) in [6.45, 7) is 2.98. The number of hydrogen-bond donors (Lipinski definition) is 2. The first kappa shape index (κ1) is 17.4. The van der Waals surface area contributed by atoms with Crippen molar-refractivity contribution in [3.8, 4) is 0 Å². The standard InChI is InChI=1S/C15H24FNO2S/c1-12(7-8-20-2)17-9-14(18)11-19-10-13-5-3-4-6-15(13)16/h3-6,12,14,17-18H,7-11H2,1-2H3. The zero-order valence-electron chi connectivity index (χ0n) is 12.1. The minimum absolute atomic E-state index is 0.186. The van der Waals surface area contributed by atoms with Crippen LogP contribution in [0.4, 0.5) is 4.39 Å². The number of aliphatic hydroxyl groups excluding tert-OH is 1. The Labute approximate surface area is 124 Å². The van der Waals surface area contributed by atoms with E-state index in [1.807, 2.05) is 11.8 Å². The van der Waals surface area contributed by atoms with E-state index in [2.05, 4.69) is 18.5 Å². The molecule has 0 aliphatic heterocycles. The SMILES string of the molecule is CSCCC(C)NCC(O)COCc1ccccc1F. The lowest BCUT2D eigenvalue weighted by molar-refractivity contribution is 0.0268. The number of nitrogens with one attached hydrogen (secondary N) is 1. The van der Waals surface area contributed by atoms with Gasteiger partial charge >= 0.3 is 0 Å². The van der Waals surface area contributed by atoms with Crippen LogP contribution in [0.2, 0.25) is 0 Å². The first-order valence-corrected chi connectivity index (χ1v) is 8.24. The van der Waals surface area contributed by atoms with Gasteiger partial charge in [0, 0.05) is 18.2 Å². The van der Waals surface area contributed by atoms with E-state index in [0.717, 1.165) is 12.2 Å². The Kier molecular flexibility index (Phi) is 8.85. The second-order valence-corrected chi connectivity index (χ2v) is 5.84. The second-order valence-electron chi connectivity index (χ2n) is 4.85. The number of ether oxygens (including phenoxy) is 1. The fourth-order valence-corrected chi connectivity index (χ4v) is 2.30. The average Bonchev–Trinajstić information content (AvgIpc) is 2.45. The van der Waals surface area contributed by atoms with Gasteiger partial charge in [-0.15, -0.1) is 0 Å². The molecule has 0 amide bonds. The molecule has 0 aromatic heterocycles. The van der Waals surface area contributed by atoms with Crippen molar-refractivity contribution >= 4 is 11.8 Å². The van der Waals surface area contributed by atoms with Gasteiger partial charge in [-0.1, -0.05) is 18.2 Å². The topological polar surface area (TPSA) is 41.5 Å². The van der Waals surface area contributed by atoms with Gasteiger partial charge in [-0.3, -0.25) is 0 Å². The molecule has 5 heteroatoms. The van der Waals surface area contributed by atoms with Crippen molar-refractivity contribution in [3.05, 3.63) is 35.6 Å². The molecule has 2 N–H and O–H groups in total. The Hall–Kier alpha value is -0.620. The fraction of sp³-hybridized carbons (Fsp3) is 0.600. The molecule has 20 heavy (non-hydrogen) atoms. The van der Waals surface area contributed by atoms with Gasteiger partial charge in [0.2, 0.25) is 0 Å². The summed E-state index contributed by atoms with van der Waals surface area (Å²) in [6, 6.07) is 6.89. The number of aliphatic hydroxyl groups is 1. The number of rotatable bonds is 10. The predicted octanol–water partition coefficient (Wildman–Crippen LogP) is 2.43. The summed E-state index contributed by atoms with van der Waals surface area (Å²) in [5, 5.41) is 13.0. The van der Waals surface area contributed by atoms with Gasteiger partial charge in [0.15, 0.2) is 0 Å². The van der Waals surface area contributed by atoms with Gasteiger partial charge in [-0.2, -0.15) is 11.8 Å². The molecule has 0 saturated carbocycles. The van der Waals surface area contributed by atoms with Crippen LogP contribution in [0.3, 0.4) is 0 Å². The van der Waals surface area contributed by atoms with E-state index >= 15 is 0 Å². The molecule has 2 atom stereocenters. The molecule has 1 aromatic rings. The maximum atomic E-state index is 13.3. The van der Waals surface area contributed by atoms with Crippen LogP contribution in [0.1, 0.15) is 18.9 Å². The zero-order valence-corrected chi connectivity index (χ0v) is 13.0. The Balaban J connectivity index is 2.14. The Morgan fingerprint density at radius 2 is 2.15 bits per heavy atom. The number of hydrogen-bond acceptors (Lipinski definition) is 4. The van der Waals surface area contributed by atoms with Crippen molar-refractivity contribution in [2.24, 2.45) is 0 Å². The minimum Gasteiger partial charge on any atom is -0.389 e. The van der Waals surface area contributed by atoms with E-state index in [-0.39, 0.29) is 19.0 Å². The molecule has 0 spiro atoms. The molecule has 0 aliphatic rings. The molecule has 0 radical (unpaired) electrons. The van der Waals surface area contributed by atoms with Crippen LogP contribution in [-0.4, -0.2) is 42.4 Å². The highest BCUT2D eigenvalue weighted by atomic mass is 32.2. The summed E-state index contributed by atoms with van der Waals surface area (Å²) in [5.74, 6) is 0.833. The molecule has 1 rings (SSSR count). The molecule has 3 nitrogen and oxygen atoms in total. The Bertz CT molecular complexity index is 379. The largest absolute Gasteiger partial charge is 0.389 e. The van der Waals surface area contributed by atoms with E-state index < -0.39 is 6.10 Å². The summed E-state index contributed by atoms with van der Waals surface area (Å²) in [7, 11) is 0. The molecule has 0 aliphatic carbocycles. The number of benzene rings is 1. The van der Waals surface area contributed by atoms with E-state index in [1.54, 1.807) is 18.2 Å². The quantitative estimate of drug-likeness (QED) is 0.696. The second kappa shape index (κ2) is 10.2. The lowest BCUT2D eigenvalue weighted by atomic mass is 10.2. The van der Waals surface area contributed by atoms with Crippen LogP contribution in [0.15, 0.2) is 24.3 Å². The summed E-state index contributed by atoms with van der Waals surface area (Å²) in [5.41, 5.74) is 0.515. The molecule has 2 unspecified atom stereocenters. The van der Waals surface area contributed by atoms with E-state index in [1.165, 1.54) is 6.07 Å². The maximum absolute atomic E-state index is 13.3. The van der Waals surface area contributed by atoms with Crippen molar-refractivity contribution in [1.82, 2.24) is 5.32 Å². The summed E-state index contributed by atoms with van der Waals surface area (Å²) in [4.78, 5) is 0. The van der Waals surface area contributed by atoms with Crippen LogP contribution >= 0.6 is 11.8 Å². The first-order valence-electron chi connectivity index (χ1n) is 6.85. The number of halogens is 1. The normalized spacial score (nSPS) is 14.2. The lowest BCUT2D eigenvalue weighted by Crippen LogP contribution is -2.36. The van der Waals surface area contributed by atoms with Crippen molar-refractivity contribution in [2.45, 2.75) is 32.1 Å². The number of thioether (sulfide) groups is 1. The van der Waals surface area contributed by atoms with Gasteiger partial charge in [-0.05, 0) is 31.4 Å². The Morgan fingerprint density at radius 3 is 2.85 bits per heavy atom. The molecule has 0 bridgehead atoms. The first-order chi connectivity index (χ1) is 9.63. The van der Waals surface area contributed by atoms with Crippen LogP contribution in [-0.2, 0) is 11.3 Å². The fourth-order valence-electron chi connectivity index (χ4n) is 1.71. The molecule has 1 aromatic carbocycles. The summed E-state index contributed by atoms with van der Waals surface area (Å²) >= 11 is 1.81. The summed E-state index contributed by atoms with van der Waals surface area (Å²) < 4.78 is 18.7. The maximum Gasteiger partial charge on any atom is 0.128 e. The van der Waals surface area contributed by atoms with Gasteiger partial charge in [-0.25, -0.2) is 4.39 Å². The van der Waals surface area contributed by atoms with Gasteiger partial charge in [0.25, 0.3) is 0 Å². The minimum atomic E-state index is -0.571. The molecule has 0 fully saturated rings. The van der Waals surface area contributed by atoms with Crippen LogP contribution in [0.5, 0.6) is 0 Å². The van der Waals surface area contributed by atoms with Crippen molar-refractivity contribution in [3.63, 3.8) is 0 Å². The third-order valence-corrected chi connectivity index (χ3v) is 3.63. The van der Waals surface area contributed by atoms with Crippen molar-refractivity contribution < 1.29 is 14.2 Å². The van der Waals surface area contributed by atoms with Crippen LogP contribution < -0.4 is 5.32 Å². The van der Waals surface area contributed by atoms with E-state index in [0.29, 0.717) is 18.2 Å². The summed E-state index contributed by atoms with van der Waals surface area (Å²) in [6.07, 6.45) is 2.58. The highest BCUT2D eigenvalue weighted by Gasteiger charge is 2.08. The van der Waals surface area contributed by atoms with Crippen LogP contribution in [0, 0.1) is 5.82 Å². The van der Waals surface area contributed by atoms with Crippen molar-refractivity contribution in [2.75, 3.05) is 25.2 Å². The lowest BCUT2D eigenvalue weighted by Gasteiger charge is -2.17. The monoisotopic (exact) mass is 301 g/mol. The molecular formula is C15H24FNO2S. The third-order valence-electron chi connectivity index (χ3n) is 2.98. The van der Waals surface area contributed by atoms with E-state index in [9.17, 15) is 9.50 Å². The Morgan fingerprint density at radius 1 is 1.40 bits per heavy atom. The van der Waals surface area contributed by atoms with E-state index in [4.69, 9.17) is 4.74 Å². The molecule has 0 heterocycles. The third kappa shape index (κ3) is 7.24. The van der Waals surface area contributed by atoms with Gasteiger partial charge in [0.1, 0.15) is 5.82 Å². The average molecular weight is 301 g/mol. The molecular weight excluding hydrogens is 277 g/mol. The molecule has 114 valence electrons. The highest BCUT2D eigenvalue weighted by Crippen LogP contribution is 2.07. The molecule has 0 saturated heterocycles. The predicted molar refractivity (Wildman–Crippen MR) is 82.5 cm³/mol.